The average Bonchev–Trinajstić information content (AvgIpc) is 3.05. The first kappa shape index (κ1) is 28.4. The topological polar surface area (TPSA) is 29.3 Å². The van der Waals surface area contributed by atoms with Gasteiger partial charge in [0.1, 0.15) is 11.1 Å². The van der Waals surface area contributed by atoms with E-state index >= 15 is 0 Å². The van der Waals surface area contributed by atoms with Crippen LogP contribution in [0.15, 0.2) is 182 Å². The van der Waals surface area contributed by atoms with Gasteiger partial charge in [-0.2, -0.15) is 0 Å². The second kappa shape index (κ2) is 12.6. The molecular formula is C38H33LiN2. The van der Waals surface area contributed by atoms with Crippen LogP contribution in [0, 0.1) is 0 Å². The van der Waals surface area contributed by atoms with Crippen molar-refractivity contribution in [3.8, 4) is 0 Å². The molecule has 0 amide bonds. The van der Waals surface area contributed by atoms with E-state index in [0.29, 0.717) is 0 Å². The SMILES string of the molecule is NN(C(c1ccccc1)(c1ccccc1)c1ccccc1)C(c1ccccc1)(c1ccccc1)c1ccccc1.[H-].[Li+]. The zero-order chi connectivity index (χ0) is 27.3. The van der Waals surface area contributed by atoms with Crippen LogP contribution in [0.1, 0.15) is 34.8 Å². The van der Waals surface area contributed by atoms with Gasteiger partial charge in [0.25, 0.3) is 0 Å². The number of benzene rings is 6. The molecule has 196 valence electrons. The van der Waals surface area contributed by atoms with Gasteiger partial charge in [-0.25, -0.2) is 5.01 Å². The van der Waals surface area contributed by atoms with Gasteiger partial charge in [0.2, 0.25) is 0 Å². The molecule has 0 unspecified atom stereocenters. The van der Waals surface area contributed by atoms with Crippen molar-refractivity contribution in [3.63, 3.8) is 0 Å². The summed E-state index contributed by atoms with van der Waals surface area (Å²) in [6, 6.07) is 63.7. The van der Waals surface area contributed by atoms with Crippen molar-refractivity contribution >= 4 is 0 Å². The fraction of sp³-hybridized carbons (Fsp3) is 0.0526. The van der Waals surface area contributed by atoms with Gasteiger partial charge in [-0.05, 0) is 33.4 Å². The van der Waals surface area contributed by atoms with Crippen molar-refractivity contribution in [2.45, 2.75) is 11.1 Å². The third-order valence-electron chi connectivity index (χ3n) is 7.87. The Morgan fingerprint density at radius 1 is 0.317 bits per heavy atom. The minimum Gasteiger partial charge on any atom is -1.00 e. The molecule has 0 saturated heterocycles. The molecule has 6 aromatic carbocycles. The molecule has 0 bridgehead atoms. The monoisotopic (exact) mass is 524 g/mol. The zero-order valence-electron chi connectivity index (χ0n) is 24.3. The molecule has 41 heavy (non-hydrogen) atoms. The van der Waals surface area contributed by atoms with E-state index in [9.17, 15) is 0 Å². The van der Waals surface area contributed by atoms with Gasteiger partial charge in [-0.15, -0.1) is 0 Å². The van der Waals surface area contributed by atoms with E-state index in [-0.39, 0.29) is 20.3 Å². The molecule has 0 radical (unpaired) electrons. The van der Waals surface area contributed by atoms with Crippen molar-refractivity contribution in [3.05, 3.63) is 215 Å². The first-order valence-electron chi connectivity index (χ1n) is 13.7. The standard InChI is InChI=1S/C38H32N2.Li.H/c39-40(37(31-19-7-1-8-20-31,32-21-9-2-10-22-32)33-23-11-3-12-24-33)38(34-25-13-4-14-26-34,35-27-15-5-16-28-35)36-29-17-6-18-30-36;;/h1-30H,39H2;;/q;+1;-1. The van der Waals surface area contributed by atoms with Crippen LogP contribution in [0.2, 0.25) is 0 Å². The van der Waals surface area contributed by atoms with Gasteiger partial charge in [0, 0.05) is 0 Å². The van der Waals surface area contributed by atoms with Crippen LogP contribution in [0.5, 0.6) is 0 Å². The van der Waals surface area contributed by atoms with Gasteiger partial charge >= 0.3 is 18.9 Å². The van der Waals surface area contributed by atoms with Gasteiger partial charge in [0.15, 0.2) is 0 Å². The third kappa shape index (κ3) is 4.87. The van der Waals surface area contributed by atoms with Crippen LogP contribution in [0.3, 0.4) is 0 Å². The van der Waals surface area contributed by atoms with Crippen molar-refractivity contribution in [2.75, 3.05) is 0 Å². The number of nitrogens with zero attached hydrogens (tertiary/aromatic N) is 1. The molecule has 2 nitrogen and oxygen atoms in total. The van der Waals surface area contributed by atoms with Gasteiger partial charge < -0.3 is 1.43 Å². The maximum atomic E-state index is 7.86. The van der Waals surface area contributed by atoms with Crippen molar-refractivity contribution in [1.29, 1.82) is 0 Å². The molecule has 0 heterocycles. The zero-order valence-corrected chi connectivity index (χ0v) is 23.3. The number of hydrazine groups is 1. The molecule has 6 aromatic rings. The molecule has 0 aliphatic heterocycles. The number of nitrogens with two attached hydrogens (primary N) is 1. The molecule has 0 aliphatic carbocycles. The molecule has 0 aliphatic rings. The Bertz CT molecular complexity index is 1310. The predicted molar refractivity (Wildman–Crippen MR) is 166 cm³/mol. The first-order valence-corrected chi connectivity index (χ1v) is 13.7. The third-order valence-corrected chi connectivity index (χ3v) is 7.87. The molecule has 0 atom stereocenters. The average molecular weight is 525 g/mol. The Morgan fingerprint density at radius 3 is 0.610 bits per heavy atom. The predicted octanol–water partition coefficient (Wildman–Crippen LogP) is 5.26. The first-order chi connectivity index (χ1) is 19.8. The van der Waals surface area contributed by atoms with E-state index in [1.165, 1.54) is 0 Å². The molecule has 0 aromatic heterocycles. The number of hydrogen-bond donors (Lipinski definition) is 1. The molecule has 2 N–H and O–H groups in total. The van der Waals surface area contributed by atoms with Gasteiger partial charge in [-0.3, -0.25) is 5.84 Å². The van der Waals surface area contributed by atoms with E-state index in [4.69, 9.17) is 5.84 Å². The van der Waals surface area contributed by atoms with Gasteiger partial charge in [0.05, 0.1) is 0 Å². The summed E-state index contributed by atoms with van der Waals surface area (Å²) >= 11 is 0. The number of rotatable bonds is 8. The molecular weight excluding hydrogens is 491 g/mol. The maximum absolute atomic E-state index is 7.86. The van der Waals surface area contributed by atoms with Crippen LogP contribution in [0.4, 0.5) is 0 Å². The second-order valence-electron chi connectivity index (χ2n) is 9.99. The maximum Gasteiger partial charge on any atom is 1.00 e. The summed E-state index contributed by atoms with van der Waals surface area (Å²) < 4.78 is 0. The summed E-state index contributed by atoms with van der Waals surface area (Å²) in [6.07, 6.45) is 0. The molecule has 3 heteroatoms. The largest absolute Gasteiger partial charge is 1.00 e. The fourth-order valence-electron chi connectivity index (χ4n) is 6.16. The van der Waals surface area contributed by atoms with E-state index in [1.54, 1.807) is 0 Å². The van der Waals surface area contributed by atoms with Crippen molar-refractivity contribution in [2.24, 2.45) is 5.84 Å². The second-order valence-corrected chi connectivity index (χ2v) is 9.99. The minimum absolute atomic E-state index is 0. The minimum atomic E-state index is -0.856. The summed E-state index contributed by atoms with van der Waals surface area (Å²) in [5.41, 5.74) is 4.80. The van der Waals surface area contributed by atoms with Crippen LogP contribution < -0.4 is 24.7 Å². The van der Waals surface area contributed by atoms with Gasteiger partial charge in [-0.1, -0.05) is 182 Å². The summed E-state index contributed by atoms with van der Waals surface area (Å²) in [5.74, 6) is 7.86. The van der Waals surface area contributed by atoms with Crippen molar-refractivity contribution < 1.29 is 20.3 Å². The smallest absolute Gasteiger partial charge is 1.00 e. The quantitative estimate of drug-likeness (QED) is 0.127. The van der Waals surface area contributed by atoms with E-state index in [2.05, 4.69) is 187 Å². The summed E-state index contributed by atoms with van der Waals surface area (Å²) in [7, 11) is 0. The Hall–Kier alpha value is -4.16. The summed E-state index contributed by atoms with van der Waals surface area (Å²) in [5, 5.41) is 2.10. The fourth-order valence-corrected chi connectivity index (χ4v) is 6.16. The van der Waals surface area contributed by atoms with Crippen LogP contribution in [0.25, 0.3) is 0 Å². The van der Waals surface area contributed by atoms with E-state index in [1.807, 2.05) is 0 Å². The van der Waals surface area contributed by atoms with E-state index in [0.717, 1.165) is 33.4 Å². The number of hydrogen-bond acceptors (Lipinski definition) is 2. The van der Waals surface area contributed by atoms with E-state index < -0.39 is 11.1 Å². The summed E-state index contributed by atoms with van der Waals surface area (Å²) in [4.78, 5) is 0. The van der Waals surface area contributed by atoms with Crippen molar-refractivity contribution in [1.82, 2.24) is 5.01 Å². The van der Waals surface area contributed by atoms with Crippen LogP contribution in [-0.2, 0) is 11.1 Å². The Morgan fingerprint density at radius 2 is 0.463 bits per heavy atom. The molecule has 6 rings (SSSR count). The van der Waals surface area contributed by atoms with Crippen LogP contribution in [-0.4, -0.2) is 5.01 Å². The molecule has 0 fully saturated rings. The Labute approximate surface area is 256 Å². The molecule has 0 saturated carbocycles. The van der Waals surface area contributed by atoms with Crippen LogP contribution >= 0.6 is 0 Å². The summed E-state index contributed by atoms with van der Waals surface area (Å²) in [6.45, 7) is 0. The molecule has 0 spiro atoms. The Balaban J connectivity index is 0.00000202. The normalized spacial score (nSPS) is 11.6. The Kier molecular flexibility index (Phi) is 8.69.